The standard InChI is InChI=1S/C17H22N2/c1-3-4-7-13-19-14-15(9-8-12-18-2)16-10-5-6-11-17(16)19/h1,5-6,10-11,14,18H,4,7-9,12-13H2,2H3. The Labute approximate surface area is 115 Å². The first-order valence-corrected chi connectivity index (χ1v) is 7.01. The molecule has 0 atom stereocenters. The van der Waals surface area contributed by atoms with Crippen molar-refractivity contribution in [1.82, 2.24) is 9.88 Å². The van der Waals surface area contributed by atoms with Gasteiger partial charge in [0, 0.05) is 30.1 Å². The van der Waals surface area contributed by atoms with Crippen molar-refractivity contribution in [2.45, 2.75) is 32.2 Å². The Morgan fingerprint density at radius 2 is 2.11 bits per heavy atom. The SMILES string of the molecule is C#CCCCn1cc(CCCNC)c2ccccc21. The number of terminal acetylenes is 1. The molecular weight excluding hydrogens is 232 g/mol. The number of hydrogen-bond acceptors (Lipinski definition) is 1. The van der Waals surface area contributed by atoms with Gasteiger partial charge in [0.25, 0.3) is 0 Å². The van der Waals surface area contributed by atoms with Crippen molar-refractivity contribution in [1.29, 1.82) is 0 Å². The first-order chi connectivity index (χ1) is 9.36. The molecule has 0 aliphatic heterocycles. The quantitative estimate of drug-likeness (QED) is 0.593. The van der Waals surface area contributed by atoms with Crippen LogP contribution in [0.5, 0.6) is 0 Å². The molecular formula is C17H22N2. The molecule has 2 nitrogen and oxygen atoms in total. The van der Waals surface area contributed by atoms with E-state index in [9.17, 15) is 0 Å². The zero-order chi connectivity index (χ0) is 13.5. The minimum atomic E-state index is 0.849. The first kappa shape index (κ1) is 13.7. The molecule has 100 valence electrons. The van der Waals surface area contributed by atoms with E-state index in [1.165, 1.54) is 22.9 Å². The van der Waals surface area contributed by atoms with Crippen LogP contribution in [0.1, 0.15) is 24.8 Å². The number of fused-ring (bicyclic) bond motifs is 1. The normalized spacial score (nSPS) is 10.7. The Hall–Kier alpha value is -1.72. The maximum atomic E-state index is 5.33. The maximum Gasteiger partial charge on any atom is 0.0483 e. The molecule has 0 fully saturated rings. The first-order valence-electron chi connectivity index (χ1n) is 7.01. The van der Waals surface area contributed by atoms with Gasteiger partial charge in [-0.1, -0.05) is 18.2 Å². The van der Waals surface area contributed by atoms with Crippen molar-refractivity contribution in [3.63, 3.8) is 0 Å². The second-order valence-corrected chi connectivity index (χ2v) is 4.88. The molecule has 2 heteroatoms. The van der Waals surface area contributed by atoms with Crippen molar-refractivity contribution in [3.8, 4) is 12.3 Å². The molecule has 1 N–H and O–H groups in total. The summed E-state index contributed by atoms with van der Waals surface area (Å²) in [5.74, 6) is 2.71. The number of aryl methyl sites for hydroxylation is 2. The van der Waals surface area contributed by atoms with Crippen molar-refractivity contribution in [2.75, 3.05) is 13.6 Å². The molecule has 0 saturated heterocycles. The summed E-state index contributed by atoms with van der Waals surface area (Å²) in [6.45, 7) is 2.08. The van der Waals surface area contributed by atoms with Crippen LogP contribution < -0.4 is 5.32 Å². The highest BCUT2D eigenvalue weighted by Crippen LogP contribution is 2.22. The van der Waals surface area contributed by atoms with Crippen LogP contribution in [0, 0.1) is 12.3 Å². The van der Waals surface area contributed by atoms with Gasteiger partial charge in [0.15, 0.2) is 0 Å². The molecule has 0 saturated carbocycles. The summed E-state index contributed by atoms with van der Waals surface area (Å²) in [5, 5.41) is 4.59. The summed E-state index contributed by atoms with van der Waals surface area (Å²) in [7, 11) is 2.00. The molecule has 19 heavy (non-hydrogen) atoms. The van der Waals surface area contributed by atoms with Gasteiger partial charge in [-0.15, -0.1) is 12.3 Å². The van der Waals surface area contributed by atoms with Gasteiger partial charge < -0.3 is 9.88 Å². The van der Waals surface area contributed by atoms with E-state index in [-0.39, 0.29) is 0 Å². The van der Waals surface area contributed by atoms with Crippen molar-refractivity contribution in [2.24, 2.45) is 0 Å². The number of rotatable bonds is 7. The largest absolute Gasteiger partial charge is 0.347 e. The van der Waals surface area contributed by atoms with Gasteiger partial charge >= 0.3 is 0 Å². The lowest BCUT2D eigenvalue weighted by molar-refractivity contribution is 0.671. The van der Waals surface area contributed by atoms with Gasteiger partial charge in [0.05, 0.1) is 0 Å². The van der Waals surface area contributed by atoms with Crippen LogP contribution in [0.3, 0.4) is 0 Å². The average molecular weight is 254 g/mol. The molecule has 1 aromatic heterocycles. The fourth-order valence-corrected chi connectivity index (χ4v) is 2.51. The van der Waals surface area contributed by atoms with E-state index in [0.29, 0.717) is 0 Å². The minimum absolute atomic E-state index is 0.849. The highest BCUT2D eigenvalue weighted by atomic mass is 15.0. The number of nitrogens with zero attached hydrogens (tertiary/aromatic N) is 1. The highest BCUT2D eigenvalue weighted by Gasteiger charge is 2.07. The van der Waals surface area contributed by atoms with Crippen molar-refractivity contribution >= 4 is 10.9 Å². The van der Waals surface area contributed by atoms with Gasteiger partial charge in [-0.05, 0) is 44.5 Å². The second kappa shape index (κ2) is 7.01. The fraction of sp³-hybridized carbons (Fsp3) is 0.412. The molecule has 0 aliphatic rings. The lowest BCUT2D eigenvalue weighted by Gasteiger charge is -2.02. The Balaban J connectivity index is 2.19. The highest BCUT2D eigenvalue weighted by molar-refractivity contribution is 5.83. The third-order valence-corrected chi connectivity index (χ3v) is 3.46. The molecule has 0 unspecified atom stereocenters. The summed E-state index contributed by atoms with van der Waals surface area (Å²) in [4.78, 5) is 0. The van der Waals surface area contributed by atoms with E-state index >= 15 is 0 Å². The van der Waals surface area contributed by atoms with Crippen LogP contribution in [-0.2, 0) is 13.0 Å². The molecule has 2 rings (SSSR count). The van der Waals surface area contributed by atoms with Crippen molar-refractivity contribution < 1.29 is 0 Å². The topological polar surface area (TPSA) is 17.0 Å². The predicted molar refractivity (Wildman–Crippen MR) is 82.3 cm³/mol. The smallest absolute Gasteiger partial charge is 0.0483 e. The third kappa shape index (κ3) is 3.39. The van der Waals surface area contributed by atoms with Gasteiger partial charge in [0.1, 0.15) is 0 Å². The number of para-hydroxylation sites is 1. The lowest BCUT2D eigenvalue weighted by Crippen LogP contribution is -2.08. The molecule has 0 bridgehead atoms. The van der Waals surface area contributed by atoms with Crippen LogP contribution in [0.15, 0.2) is 30.5 Å². The maximum absolute atomic E-state index is 5.33. The molecule has 0 radical (unpaired) electrons. The van der Waals surface area contributed by atoms with Crippen LogP contribution in [0.2, 0.25) is 0 Å². The van der Waals surface area contributed by atoms with Crippen LogP contribution in [0.4, 0.5) is 0 Å². The van der Waals surface area contributed by atoms with Gasteiger partial charge in [-0.2, -0.15) is 0 Å². The fourth-order valence-electron chi connectivity index (χ4n) is 2.51. The second-order valence-electron chi connectivity index (χ2n) is 4.88. The Morgan fingerprint density at radius 1 is 1.26 bits per heavy atom. The summed E-state index contributed by atoms with van der Waals surface area (Å²) >= 11 is 0. The number of aromatic nitrogens is 1. The minimum Gasteiger partial charge on any atom is -0.347 e. The van der Waals surface area contributed by atoms with E-state index in [1.807, 2.05) is 7.05 Å². The van der Waals surface area contributed by atoms with E-state index in [4.69, 9.17) is 6.42 Å². The zero-order valence-corrected chi connectivity index (χ0v) is 11.7. The van der Waals surface area contributed by atoms with E-state index in [1.54, 1.807) is 0 Å². The van der Waals surface area contributed by atoms with Gasteiger partial charge in [0.2, 0.25) is 0 Å². The molecule has 0 amide bonds. The average Bonchev–Trinajstić information content (AvgIpc) is 2.79. The number of benzene rings is 1. The van der Waals surface area contributed by atoms with E-state index < -0.39 is 0 Å². The third-order valence-electron chi connectivity index (χ3n) is 3.46. The van der Waals surface area contributed by atoms with Crippen molar-refractivity contribution in [3.05, 3.63) is 36.0 Å². The summed E-state index contributed by atoms with van der Waals surface area (Å²) in [5.41, 5.74) is 2.78. The lowest BCUT2D eigenvalue weighted by atomic mass is 10.1. The Bertz CT molecular complexity index is 560. The summed E-state index contributed by atoms with van der Waals surface area (Å²) < 4.78 is 2.35. The number of hydrogen-bond donors (Lipinski definition) is 1. The molecule has 1 heterocycles. The van der Waals surface area contributed by atoms with E-state index in [0.717, 1.165) is 32.4 Å². The van der Waals surface area contributed by atoms with Gasteiger partial charge in [-0.3, -0.25) is 0 Å². The van der Waals surface area contributed by atoms with Gasteiger partial charge in [-0.25, -0.2) is 0 Å². The van der Waals surface area contributed by atoms with Crippen LogP contribution in [-0.4, -0.2) is 18.2 Å². The summed E-state index contributed by atoms with van der Waals surface area (Å²) in [6.07, 6.45) is 11.8. The Morgan fingerprint density at radius 3 is 2.89 bits per heavy atom. The van der Waals surface area contributed by atoms with Crippen LogP contribution in [0.25, 0.3) is 10.9 Å². The zero-order valence-electron chi connectivity index (χ0n) is 11.7. The van der Waals surface area contributed by atoms with E-state index in [2.05, 4.69) is 46.3 Å². The molecule has 1 aromatic carbocycles. The number of nitrogens with one attached hydrogen (secondary N) is 1. The number of unbranched alkanes of at least 4 members (excludes halogenated alkanes) is 1. The Kier molecular flexibility index (Phi) is 5.06. The van der Waals surface area contributed by atoms with Crippen LogP contribution >= 0.6 is 0 Å². The predicted octanol–water partition coefficient (Wildman–Crippen LogP) is 3.21. The summed E-state index contributed by atoms with van der Waals surface area (Å²) in [6, 6.07) is 8.65. The monoisotopic (exact) mass is 254 g/mol. The molecule has 0 aliphatic carbocycles. The molecule has 2 aromatic rings. The molecule has 0 spiro atoms.